The number of hydrogen-bond donors (Lipinski definition) is 0. The van der Waals surface area contributed by atoms with Crippen molar-refractivity contribution in [3.8, 4) is 0 Å². The van der Waals surface area contributed by atoms with Crippen molar-refractivity contribution in [3.05, 3.63) is 23.3 Å². The third-order valence-electron chi connectivity index (χ3n) is 3.68. The van der Waals surface area contributed by atoms with Crippen LogP contribution in [0.5, 0.6) is 0 Å². The third kappa shape index (κ3) is 9.49. The molecular formula is C19H35NO. The van der Waals surface area contributed by atoms with Crippen molar-refractivity contribution >= 4 is 5.91 Å². The van der Waals surface area contributed by atoms with E-state index in [1.54, 1.807) is 0 Å². The van der Waals surface area contributed by atoms with Gasteiger partial charge < -0.3 is 4.90 Å². The van der Waals surface area contributed by atoms with Gasteiger partial charge in [0.2, 0.25) is 5.91 Å². The molecule has 0 rings (SSSR count). The SMILES string of the molecule is CCC(C)C(=O)N(C/C=C(\C)CCC=C(C)C)CC(C)C. The number of allylic oxidation sites excluding steroid dienone is 3. The summed E-state index contributed by atoms with van der Waals surface area (Å²) in [6.07, 6.45) is 7.58. The smallest absolute Gasteiger partial charge is 0.225 e. The fraction of sp³-hybridized carbons (Fsp3) is 0.737. The lowest BCUT2D eigenvalue weighted by atomic mass is 10.1. The number of nitrogens with zero attached hydrogens (tertiary/aromatic N) is 1. The Morgan fingerprint density at radius 1 is 1.10 bits per heavy atom. The zero-order valence-electron chi connectivity index (χ0n) is 15.2. The molecule has 0 aromatic rings. The Balaban J connectivity index is 4.59. The van der Waals surface area contributed by atoms with Crippen LogP contribution in [0.1, 0.15) is 67.7 Å². The van der Waals surface area contributed by atoms with Crippen LogP contribution in [-0.4, -0.2) is 23.9 Å². The van der Waals surface area contributed by atoms with Crippen molar-refractivity contribution in [1.29, 1.82) is 0 Å². The van der Waals surface area contributed by atoms with E-state index in [2.05, 4.69) is 53.7 Å². The second-order valence-corrected chi connectivity index (χ2v) is 6.82. The second-order valence-electron chi connectivity index (χ2n) is 6.82. The summed E-state index contributed by atoms with van der Waals surface area (Å²) in [6, 6.07) is 0. The van der Waals surface area contributed by atoms with E-state index in [0.717, 1.165) is 32.4 Å². The first-order chi connectivity index (χ1) is 9.77. The van der Waals surface area contributed by atoms with Crippen LogP contribution in [0.3, 0.4) is 0 Å². The molecule has 1 unspecified atom stereocenters. The molecule has 2 heteroatoms. The Kier molecular flexibility index (Phi) is 10.1. The number of amides is 1. The van der Waals surface area contributed by atoms with Crippen LogP contribution in [-0.2, 0) is 4.79 Å². The van der Waals surface area contributed by atoms with Crippen LogP contribution in [0.15, 0.2) is 23.3 Å². The minimum Gasteiger partial charge on any atom is -0.338 e. The first kappa shape index (κ1) is 19.9. The van der Waals surface area contributed by atoms with E-state index in [4.69, 9.17) is 0 Å². The van der Waals surface area contributed by atoms with Crippen molar-refractivity contribution < 1.29 is 4.79 Å². The van der Waals surface area contributed by atoms with Gasteiger partial charge in [-0.3, -0.25) is 4.79 Å². The van der Waals surface area contributed by atoms with Crippen molar-refractivity contribution in [3.63, 3.8) is 0 Å². The van der Waals surface area contributed by atoms with E-state index >= 15 is 0 Å². The van der Waals surface area contributed by atoms with Crippen molar-refractivity contribution in [2.75, 3.05) is 13.1 Å². The Morgan fingerprint density at radius 3 is 2.19 bits per heavy atom. The van der Waals surface area contributed by atoms with Gasteiger partial charge in [-0.05, 0) is 46.0 Å². The second kappa shape index (κ2) is 10.6. The van der Waals surface area contributed by atoms with Gasteiger partial charge in [-0.15, -0.1) is 0 Å². The van der Waals surface area contributed by atoms with Gasteiger partial charge >= 0.3 is 0 Å². The number of hydrogen-bond acceptors (Lipinski definition) is 1. The zero-order chi connectivity index (χ0) is 16.4. The largest absolute Gasteiger partial charge is 0.338 e. The third-order valence-corrected chi connectivity index (χ3v) is 3.68. The average molecular weight is 293 g/mol. The van der Waals surface area contributed by atoms with Crippen molar-refractivity contribution in [2.24, 2.45) is 11.8 Å². The van der Waals surface area contributed by atoms with E-state index in [-0.39, 0.29) is 5.92 Å². The molecule has 0 saturated carbocycles. The molecule has 21 heavy (non-hydrogen) atoms. The molecule has 1 atom stereocenters. The standard InChI is InChI=1S/C19H35NO/c1-8-18(7)19(21)20(14-16(4)5)13-12-17(6)11-9-10-15(2)3/h10,12,16,18H,8-9,11,13-14H2,1-7H3/b17-12+. The molecule has 0 aliphatic rings. The maximum absolute atomic E-state index is 12.4. The highest BCUT2D eigenvalue weighted by atomic mass is 16.2. The lowest BCUT2D eigenvalue weighted by Crippen LogP contribution is -2.37. The van der Waals surface area contributed by atoms with Crippen LogP contribution < -0.4 is 0 Å². The summed E-state index contributed by atoms with van der Waals surface area (Å²) < 4.78 is 0. The topological polar surface area (TPSA) is 20.3 Å². The Hall–Kier alpha value is -1.05. The number of rotatable bonds is 9. The molecule has 0 fully saturated rings. The molecule has 0 N–H and O–H groups in total. The molecule has 1 amide bonds. The van der Waals surface area contributed by atoms with Crippen LogP contribution in [0, 0.1) is 11.8 Å². The Morgan fingerprint density at radius 2 is 1.71 bits per heavy atom. The molecule has 0 aromatic heterocycles. The summed E-state index contributed by atoms with van der Waals surface area (Å²) >= 11 is 0. The lowest BCUT2D eigenvalue weighted by Gasteiger charge is -2.26. The van der Waals surface area contributed by atoms with Crippen LogP contribution in [0.25, 0.3) is 0 Å². The summed E-state index contributed by atoms with van der Waals surface area (Å²) in [5, 5.41) is 0. The van der Waals surface area contributed by atoms with Gasteiger partial charge in [0, 0.05) is 19.0 Å². The van der Waals surface area contributed by atoms with Gasteiger partial charge in [0.05, 0.1) is 0 Å². The minimum absolute atomic E-state index is 0.128. The maximum Gasteiger partial charge on any atom is 0.225 e. The maximum atomic E-state index is 12.4. The molecule has 0 aliphatic heterocycles. The molecular weight excluding hydrogens is 258 g/mol. The highest BCUT2D eigenvalue weighted by Gasteiger charge is 2.18. The molecule has 0 bridgehead atoms. The van der Waals surface area contributed by atoms with Crippen LogP contribution in [0.2, 0.25) is 0 Å². The summed E-state index contributed by atoms with van der Waals surface area (Å²) in [5.74, 6) is 0.931. The summed E-state index contributed by atoms with van der Waals surface area (Å²) in [6.45, 7) is 16.5. The predicted octanol–water partition coefficient (Wildman–Crippen LogP) is 5.21. The molecule has 0 radical (unpaired) electrons. The van der Waals surface area contributed by atoms with Gasteiger partial charge in [-0.2, -0.15) is 0 Å². The van der Waals surface area contributed by atoms with Crippen molar-refractivity contribution in [2.45, 2.75) is 67.7 Å². The summed E-state index contributed by atoms with van der Waals surface area (Å²) in [5.41, 5.74) is 2.74. The van der Waals surface area contributed by atoms with Gasteiger partial charge in [-0.25, -0.2) is 0 Å². The summed E-state index contributed by atoms with van der Waals surface area (Å²) in [7, 11) is 0. The molecule has 2 nitrogen and oxygen atoms in total. The fourth-order valence-electron chi connectivity index (χ4n) is 2.14. The highest BCUT2D eigenvalue weighted by Crippen LogP contribution is 2.11. The first-order valence-corrected chi connectivity index (χ1v) is 8.35. The highest BCUT2D eigenvalue weighted by molar-refractivity contribution is 5.78. The Bertz CT molecular complexity index is 362. The van der Waals surface area contributed by atoms with Gasteiger partial charge in [0.15, 0.2) is 0 Å². The van der Waals surface area contributed by atoms with Gasteiger partial charge in [0.1, 0.15) is 0 Å². The van der Waals surface area contributed by atoms with Crippen molar-refractivity contribution in [1.82, 2.24) is 4.90 Å². The first-order valence-electron chi connectivity index (χ1n) is 8.35. The molecule has 0 heterocycles. The van der Waals surface area contributed by atoms with Crippen LogP contribution in [0.4, 0.5) is 0 Å². The minimum atomic E-state index is 0.128. The van der Waals surface area contributed by atoms with E-state index in [0.29, 0.717) is 11.8 Å². The predicted molar refractivity (Wildman–Crippen MR) is 93.3 cm³/mol. The zero-order valence-corrected chi connectivity index (χ0v) is 15.2. The van der Waals surface area contributed by atoms with E-state index in [1.165, 1.54) is 11.1 Å². The fourth-order valence-corrected chi connectivity index (χ4v) is 2.14. The Labute approximate surface area is 132 Å². The molecule has 0 saturated heterocycles. The van der Waals surface area contributed by atoms with Crippen LogP contribution >= 0.6 is 0 Å². The average Bonchev–Trinajstić information content (AvgIpc) is 2.40. The molecule has 122 valence electrons. The van der Waals surface area contributed by atoms with Gasteiger partial charge in [-0.1, -0.05) is 51.0 Å². The number of carbonyl (C=O) groups is 1. The number of carbonyl (C=O) groups excluding carboxylic acids is 1. The molecule has 0 aromatic carbocycles. The van der Waals surface area contributed by atoms with Gasteiger partial charge in [0.25, 0.3) is 0 Å². The molecule has 0 aliphatic carbocycles. The monoisotopic (exact) mass is 293 g/mol. The van der Waals surface area contributed by atoms with E-state index < -0.39 is 0 Å². The molecule has 0 spiro atoms. The normalized spacial score (nSPS) is 13.2. The summed E-state index contributed by atoms with van der Waals surface area (Å²) in [4.78, 5) is 14.4. The quantitative estimate of drug-likeness (QED) is 0.534. The lowest BCUT2D eigenvalue weighted by molar-refractivity contribution is -0.135. The van der Waals surface area contributed by atoms with E-state index in [9.17, 15) is 4.79 Å². The van der Waals surface area contributed by atoms with E-state index in [1.807, 2.05) is 11.8 Å².